The van der Waals surface area contributed by atoms with E-state index in [1.54, 1.807) is 24.3 Å². The Morgan fingerprint density at radius 3 is 2.68 bits per heavy atom. The fraction of sp³-hybridized carbons (Fsp3) is 0.250. The van der Waals surface area contributed by atoms with Crippen LogP contribution < -0.4 is 21.7 Å². The minimum absolute atomic E-state index is 0.0492. The Kier molecular flexibility index (Phi) is 5.58. The number of nitrogen functional groups attached to an aromatic ring is 1. The smallest absolute Gasteiger partial charge is 0.323 e. The molecule has 2 aromatic heterocycles. The van der Waals surface area contributed by atoms with Gasteiger partial charge in [-0.15, -0.1) is 0 Å². The summed E-state index contributed by atoms with van der Waals surface area (Å²) in [6.07, 6.45) is 3.21. The van der Waals surface area contributed by atoms with E-state index in [1.165, 1.54) is 18.5 Å². The number of nitrogens with two attached hydrogens (primary N) is 2. The van der Waals surface area contributed by atoms with E-state index in [2.05, 4.69) is 15.3 Å². The van der Waals surface area contributed by atoms with Gasteiger partial charge in [0.05, 0.1) is 22.8 Å². The monoisotopic (exact) mass is 460 g/mol. The highest BCUT2D eigenvalue weighted by molar-refractivity contribution is 6.00. The number of benzene rings is 2. The second kappa shape index (κ2) is 8.71. The molecule has 3 heterocycles. The summed E-state index contributed by atoms with van der Waals surface area (Å²) in [7, 11) is 0. The van der Waals surface area contributed by atoms with Gasteiger partial charge in [-0.25, -0.2) is 23.8 Å². The number of aryl methyl sites for hydroxylation is 1. The zero-order valence-corrected chi connectivity index (χ0v) is 18.7. The molecular formula is C24H25FN8O. The van der Waals surface area contributed by atoms with E-state index in [4.69, 9.17) is 16.6 Å². The van der Waals surface area contributed by atoms with Gasteiger partial charge in [-0.3, -0.25) is 4.90 Å². The number of carbonyl (C=O) groups excluding carboxylic acids is 1. The van der Waals surface area contributed by atoms with Gasteiger partial charge in [0.1, 0.15) is 23.7 Å². The highest BCUT2D eigenvalue weighted by atomic mass is 19.1. The SMILES string of the molecule is Cc1cccc(N(C(N)=O)c2ccc(-c3nn(C4CCNCC4)c4ncnc(N)c34)cc2F)c1. The normalized spacial score (nSPS) is 14.4. The van der Waals surface area contributed by atoms with Gasteiger partial charge >= 0.3 is 6.03 Å². The van der Waals surface area contributed by atoms with Gasteiger partial charge in [0, 0.05) is 5.56 Å². The molecule has 5 N–H and O–H groups in total. The van der Waals surface area contributed by atoms with Crippen LogP contribution in [0.4, 0.5) is 26.4 Å². The van der Waals surface area contributed by atoms with Gasteiger partial charge in [0.15, 0.2) is 5.65 Å². The van der Waals surface area contributed by atoms with Crippen molar-refractivity contribution in [1.82, 2.24) is 25.1 Å². The van der Waals surface area contributed by atoms with E-state index in [0.717, 1.165) is 36.4 Å². The lowest BCUT2D eigenvalue weighted by atomic mass is 10.1. The van der Waals surface area contributed by atoms with Crippen LogP contribution in [0.2, 0.25) is 0 Å². The zero-order chi connectivity index (χ0) is 23.8. The highest BCUT2D eigenvalue weighted by Gasteiger charge is 2.25. The minimum atomic E-state index is -0.782. The second-order valence-electron chi connectivity index (χ2n) is 8.41. The fourth-order valence-corrected chi connectivity index (χ4v) is 4.49. The van der Waals surface area contributed by atoms with Crippen molar-refractivity contribution < 1.29 is 9.18 Å². The maximum absolute atomic E-state index is 15.4. The molecule has 4 aromatic rings. The molecule has 0 aliphatic carbocycles. The zero-order valence-electron chi connectivity index (χ0n) is 18.7. The number of hydrogen-bond acceptors (Lipinski definition) is 6. The third-order valence-corrected chi connectivity index (χ3v) is 6.11. The molecule has 0 spiro atoms. The van der Waals surface area contributed by atoms with E-state index < -0.39 is 11.8 Å². The molecule has 1 aliphatic rings. The average molecular weight is 461 g/mol. The number of nitrogens with zero attached hydrogens (tertiary/aromatic N) is 5. The van der Waals surface area contributed by atoms with Gasteiger partial charge in [-0.2, -0.15) is 5.10 Å². The first-order chi connectivity index (χ1) is 16.4. The molecule has 0 unspecified atom stereocenters. The van der Waals surface area contributed by atoms with Crippen molar-refractivity contribution >= 4 is 34.3 Å². The number of amides is 2. The molecule has 2 amide bonds. The van der Waals surface area contributed by atoms with Crippen molar-refractivity contribution in [3.05, 3.63) is 60.2 Å². The van der Waals surface area contributed by atoms with Gasteiger partial charge in [-0.05, 0) is 62.7 Å². The predicted octanol–water partition coefficient (Wildman–Crippen LogP) is 3.66. The van der Waals surface area contributed by atoms with Gasteiger partial charge in [0.25, 0.3) is 0 Å². The molecule has 1 saturated heterocycles. The van der Waals surface area contributed by atoms with Gasteiger partial charge in [0.2, 0.25) is 0 Å². The molecule has 0 saturated carbocycles. The van der Waals surface area contributed by atoms with Crippen molar-refractivity contribution in [3.8, 4) is 11.3 Å². The van der Waals surface area contributed by atoms with Crippen LogP contribution in [0.3, 0.4) is 0 Å². The number of urea groups is 1. The Labute approximate surface area is 195 Å². The van der Waals surface area contributed by atoms with E-state index in [9.17, 15) is 4.79 Å². The third kappa shape index (κ3) is 3.81. The van der Waals surface area contributed by atoms with Crippen LogP contribution in [0.1, 0.15) is 24.4 Å². The summed E-state index contributed by atoms with van der Waals surface area (Å²) in [5.74, 6) is -0.332. The molecule has 0 bridgehead atoms. The number of hydrogen-bond donors (Lipinski definition) is 3. The molecule has 0 atom stereocenters. The maximum atomic E-state index is 15.4. The molecule has 174 valence electrons. The van der Waals surface area contributed by atoms with Crippen molar-refractivity contribution in [1.29, 1.82) is 0 Å². The van der Waals surface area contributed by atoms with Crippen LogP contribution in [-0.2, 0) is 0 Å². The Hall–Kier alpha value is -4.05. The topological polar surface area (TPSA) is 128 Å². The number of nitrogens with one attached hydrogen (secondary N) is 1. The number of halogens is 1. The quantitative estimate of drug-likeness (QED) is 0.426. The van der Waals surface area contributed by atoms with Crippen molar-refractivity contribution in [2.45, 2.75) is 25.8 Å². The summed E-state index contributed by atoms with van der Waals surface area (Å²) in [6.45, 7) is 3.65. The maximum Gasteiger partial charge on any atom is 0.323 e. The minimum Gasteiger partial charge on any atom is -0.383 e. The van der Waals surface area contributed by atoms with E-state index >= 15 is 4.39 Å². The summed E-state index contributed by atoms with van der Waals surface area (Å²) in [4.78, 5) is 21.9. The number of carbonyl (C=O) groups is 1. The van der Waals surface area contributed by atoms with E-state index in [0.29, 0.717) is 28.0 Å². The largest absolute Gasteiger partial charge is 0.383 e. The molecule has 1 aliphatic heterocycles. The van der Waals surface area contributed by atoms with Crippen LogP contribution in [0.15, 0.2) is 48.8 Å². The van der Waals surface area contributed by atoms with Gasteiger partial charge in [-0.1, -0.05) is 18.2 Å². The Morgan fingerprint density at radius 1 is 1.18 bits per heavy atom. The second-order valence-corrected chi connectivity index (χ2v) is 8.41. The van der Waals surface area contributed by atoms with Crippen LogP contribution >= 0.6 is 0 Å². The van der Waals surface area contributed by atoms with E-state index in [-0.39, 0.29) is 17.5 Å². The van der Waals surface area contributed by atoms with Crippen molar-refractivity contribution in [2.24, 2.45) is 5.73 Å². The highest BCUT2D eigenvalue weighted by Crippen LogP contribution is 2.36. The molecule has 34 heavy (non-hydrogen) atoms. The summed E-state index contributed by atoms with van der Waals surface area (Å²) < 4.78 is 17.3. The first kappa shape index (κ1) is 21.8. The lowest BCUT2D eigenvalue weighted by Crippen LogP contribution is -2.32. The number of piperidine rings is 1. The molecule has 0 radical (unpaired) electrons. The van der Waals surface area contributed by atoms with Crippen molar-refractivity contribution in [2.75, 3.05) is 23.7 Å². The lowest BCUT2D eigenvalue weighted by molar-refractivity contribution is 0.256. The molecule has 1 fully saturated rings. The Balaban J connectivity index is 1.61. The number of anilines is 3. The van der Waals surface area contributed by atoms with E-state index in [1.807, 2.05) is 17.7 Å². The average Bonchev–Trinajstić information content (AvgIpc) is 3.22. The number of aromatic nitrogens is 4. The van der Waals surface area contributed by atoms with Crippen LogP contribution in [0.25, 0.3) is 22.3 Å². The number of fused-ring (bicyclic) bond motifs is 1. The summed E-state index contributed by atoms with van der Waals surface area (Å²) >= 11 is 0. The Morgan fingerprint density at radius 2 is 1.97 bits per heavy atom. The summed E-state index contributed by atoms with van der Waals surface area (Å²) in [6, 6.07) is 11.1. The molecule has 5 rings (SSSR count). The summed E-state index contributed by atoms with van der Waals surface area (Å²) in [5.41, 5.74) is 14.9. The molecular weight excluding hydrogens is 435 g/mol. The molecule has 2 aromatic carbocycles. The number of rotatable bonds is 4. The number of primary amides is 1. The van der Waals surface area contributed by atoms with Crippen molar-refractivity contribution in [3.63, 3.8) is 0 Å². The predicted molar refractivity (Wildman–Crippen MR) is 129 cm³/mol. The first-order valence-corrected chi connectivity index (χ1v) is 11.1. The molecule has 10 heteroatoms. The van der Waals surface area contributed by atoms with Crippen LogP contribution in [0, 0.1) is 12.7 Å². The standard InChI is InChI=1S/C24H25FN8O/c1-14-3-2-4-17(11-14)32(24(27)34)19-6-5-15(12-18(19)25)21-20-22(26)29-13-30-23(20)33(31-21)16-7-9-28-10-8-16/h2-6,11-13,16,28H,7-10H2,1H3,(H2,27,34)(H2,26,29,30). The first-order valence-electron chi connectivity index (χ1n) is 11.1. The Bertz CT molecular complexity index is 1380. The third-order valence-electron chi connectivity index (χ3n) is 6.11. The van der Waals surface area contributed by atoms with Gasteiger partial charge < -0.3 is 16.8 Å². The van der Waals surface area contributed by atoms with Crippen LogP contribution in [-0.4, -0.2) is 38.9 Å². The molecule has 9 nitrogen and oxygen atoms in total. The lowest BCUT2D eigenvalue weighted by Gasteiger charge is -2.23. The summed E-state index contributed by atoms with van der Waals surface area (Å²) in [5, 5.41) is 8.72. The fourth-order valence-electron chi connectivity index (χ4n) is 4.49. The van der Waals surface area contributed by atoms with Crippen LogP contribution in [0.5, 0.6) is 0 Å².